The van der Waals surface area contributed by atoms with E-state index >= 15 is 0 Å². The molecule has 0 bridgehead atoms. The summed E-state index contributed by atoms with van der Waals surface area (Å²) >= 11 is 0. The van der Waals surface area contributed by atoms with E-state index in [0.717, 1.165) is 44.7 Å². The Morgan fingerprint density at radius 1 is 1.26 bits per heavy atom. The molecule has 1 aromatic rings. The molecular weight excluding hydrogens is 342 g/mol. The van der Waals surface area contributed by atoms with Crippen molar-refractivity contribution in [2.45, 2.75) is 39.8 Å². The Hall–Kier alpha value is -1.92. The van der Waals surface area contributed by atoms with Gasteiger partial charge in [-0.25, -0.2) is 4.79 Å². The second kappa shape index (κ2) is 10.4. The molecule has 2 atom stereocenters. The third-order valence-electron chi connectivity index (χ3n) is 5.50. The quantitative estimate of drug-likeness (QED) is 0.670. The first-order valence-corrected chi connectivity index (χ1v) is 9.89. The van der Waals surface area contributed by atoms with E-state index in [1.54, 1.807) is 12.1 Å². The average molecular weight is 376 g/mol. The molecule has 0 aromatic heterocycles. The molecule has 0 unspecified atom stereocenters. The van der Waals surface area contributed by atoms with Gasteiger partial charge in [-0.15, -0.1) is 0 Å². The Labute approximate surface area is 162 Å². The van der Waals surface area contributed by atoms with Crippen LogP contribution >= 0.6 is 0 Å². The molecule has 6 nitrogen and oxygen atoms in total. The van der Waals surface area contributed by atoms with Crippen LogP contribution in [0.4, 0.5) is 0 Å². The van der Waals surface area contributed by atoms with Gasteiger partial charge in [0.25, 0.3) is 0 Å². The molecule has 1 N–H and O–H groups in total. The fourth-order valence-corrected chi connectivity index (χ4v) is 3.59. The molecule has 1 amide bonds. The van der Waals surface area contributed by atoms with E-state index in [1.807, 2.05) is 19.1 Å². The highest BCUT2D eigenvalue weighted by Crippen LogP contribution is 2.20. The fourth-order valence-electron chi connectivity index (χ4n) is 3.59. The van der Waals surface area contributed by atoms with Crippen LogP contribution in [0.25, 0.3) is 0 Å². The molecule has 150 valence electrons. The first-order chi connectivity index (χ1) is 13.0. The van der Waals surface area contributed by atoms with Crippen molar-refractivity contribution >= 4 is 11.9 Å². The minimum atomic E-state index is -0.354. The van der Waals surface area contributed by atoms with E-state index in [-0.39, 0.29) is 17.9 Å². The van der Waals surface area contributed by atoms with Gasteiger partial charge in [-0.05, 0) is 56.6 Å². The monoisotopic (exact) mass is 375 g/mol. The second-order valence-corrected chi connectivity index (χ2v) is 7.22. The van der Waals surface area contributed by atoms with Gasteiger partial charge in [-0.1, -0.05) is 26.0 Å². The zero-order valence-electron chi connectivity index (χ0n) is 17.0. The summed E-state index contributed by atoms with van der Waals surface area (Å²) in [6.45, 7) is 12.1. The first-order valence-electron chi connectivity index (χ1n) is 9.89. The van der Waals surface area contributed by atoms with Crippen LogP contribution in [0, 0.1) is 5.92 Å². The van der Waals surface area contributed by atoms with Crippen molar-refractivity contribution < 1.29 is 14.3 Å². The van der Waals surface area contributed by atoms with Crippen molar-refractivity contribution in [3.8, 4) is 0 Å². The van der Waals surface area contributed by atoms with Crippen LogP contribution in [0.1, 0.15) is 43.1 Å². The number of nitrogens with zero attached hydrogens (tertiary/aromatic N) is 2. The van der Waals surface area contributed by atoms with Crippen LogP contribution in [0.5, 0.6) is 0 Å². The fraction of sp³-hybridized carbons (Fsp3) is 0.619. The van der Waals surface area contributed by atoms with Crippen LogP contribution in [0.3, 0.4) is 0 Å². The number of esters is 1. The van der Waals surface area contributed by atoms with Crippen LogP contribution in [-0.4, -0.2) is 67.6 Å². The Morgan fingerprint density at radius 3 is 2.52 bits per heavy atom. The van der Waals surface area contributed by atoms with Crippen molar-refractivity contribution in [2.75, 3.05) is 39.8 Å². The number of hydrogen-bond donors (Lipinski definition) is 1. The van der Waals surface area contributed by atoms with E-state index < -0.39 is 0 Å². The molecule has 6 heteroatoms. The molecule has 27 heavy (non-hydrogen) atoms. The highest BCUT2D eigenvalue weighted by Gasteiger charge is 2.30. The number of likely N-dealkylation sites (tertiary alicyclic amines) is 1. The summed E-state index contributed by atoms with van der Waals surface area (Å²) < 4.78 is 4.69. The third-order valence-corrected chi connectivity index (χ3v) is 5.50. The maximum atomic E-state index is 12.5. The lowest BCUT2D eigenvalue weighted by molar-refractivity contribution is -0.125. The van der Waals surface area contributed by atoms with Crippen LogP contribution in [-0.2, 0) is 16.1 Å². The summed E-state index contributed by atoms with van der Waals surface area (Å²) in [6, 6.07) is 6.99. The molecule has 0 spiro atoms. The lowest BCUT2D eigenvalue weighted by Crippen LogP contribution is -2.44. The second-order valence-electron chi connectivity index (χ2n) is 7.22. The number of hydrogen-bond acceptors (Lipinski definition) is 5. The third kappa shape index (κ3) is 6.04. The summed E-state index contributed by atoms with van der Waals surface area (Å²) in [6.07, 6.45) is 1.16. The Morgan fingerprint density at radius 2 is 1.93 bits per heavy atom. The van der Waals surface area contributed by atoms with Crippen LogP contribution in [0.2, 0.25) is 0 Å². The summed E-state index contributed by atoms with van der Waals surface area (Å²) in [7, 11) is 1.36. The van der Waals surface area contributed by atoms with Crippen molar-refractivity contribution in [2.24, 2.45) is 5.92 Å². The maximum Gasteiger partial charge on any atom is 0.337 e. The van der Waals surface area contributed by atoms with E-state index in [2.05, 4.69) is 29.0 Å². The van der Waals surface area contributed by atoms with Crippen molar-refractivity contribution in [3.05, 3.63) is 35.4 Å². The highest BCUT2D eigenvalue weighted by atomic mass is 16.5. The molecule has 1 aromatic carbocycles. The molecule has 0 saturated carbocycles. The van der Waals surface area contributed by atoms with Gasteiger partial charge in [0.1, 0.15) is 0 Å². The first kappa shape index (κ1) is 21.4. The van der Waals surface area contributed by atoms with Crippen LogP contribution in [0.15, 0.2) is 24.3 Å². The predicted molar refractivity (Wildman–Crippen MR) is 107 cm³/mol. The van der Waals surface area contributed by atoms with E-state index in [4.69, 9.17) is 4.74 Å². The molecule has 0 aliphatic carbocycles. The number of ether oxygens (including phenoxy) is 1. The lowest BCUT2D eigenvalue weighted by atomic mass is 10.1. The van der Waals surface area contributed by atoms with Gasteiger partial charge in [0.2, 0.25) is 5.91 Å². The molecule has 1 heterocycles. The van der Waals surface area contributed by atoms with Gasteiger partial charge < -0.3 is 15.0 Å². The summed E-state index contributed by atoms with van der Waals surface area (Å²) in [4.78, 5) is 28.7. The summed E-state index contributed by atoms with van der Waals surface area (Å²) in [5, 5.41) is 3.01. The van der Waals surface area contributed by atoms with Gasteiger partial charge in [-0.2, -0.15) is 0 Å². The van der Waals surface area contributed by atoms with E-state index in [0.29, 0.717) is 18.0 Å². The standard InChI is InChI=1S/C21H33N3O3/c1-5-23(6-2)14-18-11-12-24(15-18)16(3)20(25)22-13-17-7-9-19(10-8-17)21(26)27-4/h7-10,16,18H,5-6,11-15H2,1-4H3,(H,22,25)/t16-,18+/m0/s1. The number of carbonyl (C=O) groups excluding carboxylic acids is 2. The lowest BCUT2D eigenvalue weighted by Gasteiger charge is -2.25. The zero-order chi connectivity index (χ0) is 19.8. The number of benzene rings is 1. The summed E-state index contributed by atoms with van der Waals surface area (Å²) in [5.41, 5.74) is 1.47. The van der Waals surface area contributed by atoms with Crippen LogP contribution < -0.4 is 5.32 Å². The molecule has 1 aliphatic rings. The Bertz CT molecular complexity index is 614. The van der Waals surface area contributed by atoms with E-state index in [1.165, 1.54) is 7.11 Å². The molecule has 1 saturated heterocycles. The van der Waals surface area contributed by atoms with Crippen molar-refractivity contribution in [1.29, 1.82) is 0 Å². The molecule has 1 fully saturated rings. The van der Waals surface area contributed by atoms with Crippen molar-refractivity contribution in [1.82, 2.24) is 15.1 Å². The topological polar surface area (TPSA) is 61.9 Å². The maximum absolute atomic E-state index is 12.5. The van der Waals surface area contributed by atoms with E-state index in [9.17, 15) is 9.59 Å². The number of amides is 1. The predicted octanol–water partition coefficient (Wildman–Crippen LogP) is 2.14. The SMILES string of the molecule is CCN(CC)C[C@H]1CCN([C@@H](C)C(=O)NCc2ccc(C(=O)OC)cc2)C1. The largest absolute Gasteiger partial charge is 0.465 e. The minimum Gasteiger partial charge on any atom is -0.465 e. The van der Waals surface area contributed by atoms with Crippen molar-refractivity contribution in [3.63, 3.8) is 0 Å². The highest BCUT2D eigenvalue weighted by molar-refractivity contribution is 5.89. The minimum absolute atomic E-state index is 0.0514. The zero-order valence-corrected chi connectivity index (χ0v) is 17.0. The number of methoxy groups -OCH3 is 1. The Kier molecular flexibility index (Phi) is 8.25. The molecular formula is C21H33N3O3. The molecule has 1 aliphatic heterocycles. The molecule has 0 radical (unpaired) electrons. The van der Waals surface area contributed by atoms with Gasteiger partial charge in [-0.3, -0.25) is 9.69 Å². The Balaban J connectivity index is 1.79. The number of nitrogens with one attached hydrogen (secondary N) is 1. The molecule has 2 rings (SSSR count). The smallest absolute Gasteiger partial charge is 0.337 e. The number of carbonyl (C=O) groups is 2. The summed E-state index contributed by atoms with van der Waals surface area (Å²) in [5.74, 6) is 0.342. The van der Waals surface area contributed by atoms with Gasteiger partial charge in [0.15, 0.2) is 0 Å². The van der Waals surface area contributed by atoms with Gasteiger partial charge >= 0.3 is 5.97 Å². The van der Waals surface area contributed by atoms with Gasteiger partial charge in [0.05, 0.1) is 18.7 Å². The number of rotatable bonds is 9. The van der Waals surface area contributed by atoms with Gasteiger partial charge in [0, 0.05) is 19.6 Å². The average Bonchev–Trinajstić information content (AvgIpc) is 3.17. The normalized spacial score (nSPS) is 18.5.